The van der Waals surface area contributed by atoms with E-state index in [1.54, 1.807) is 52.1 Å². The van der Waals surface area contributed by atoms with Gasteiger partial charge >= 0.3 is 6.09 Å². The average molecular weight is 379 g/mol. The van der Waals surface area contributed by atoms with Gasteiger partial charge in [0.15, 0.2) is 0 Å². The molecule has 0 saturated carbocycles. The first-order chi connectivity index (χ1) is 12.6. The molecular weight excluding hydrogens is 350 g/mol. The van der Waals surface area contributed by atoms with Crippen molar-refractivity contribution in [2.45, 2.75) is 51.9 Å². The van der Waals surface area contributed by atoms with Crippen molar-refractivity contribution < 1.29 is 23.9 Å². The maximum absolute atomic E-state index is 11.9. The molecule has 1 rings (SSSR count). The van der Waals surface area contributed by atoms with Crippen LogP contribution >= 0.6 is 0 Å². The normalized spacial score (nSPS) is 12.1. The molecule has 0 bridgehead atoms. The first kappa shape index (κ1) is 22.4. The van der Waals surface area contributed by atoms with Gasteiger partial charge < -0.3 is 25.8 Å². The molecule has 1 aromatic carbocycles. The summed E-state index contributed by atoms with van der Waals surface area (Å²) in [6, 6.07) is 6.61. The van der Waals surface area contributed by atoms with E-state index in [9.17, 15) is 14.4 Å². The largest absolute Gasteiger partial charge is 0.444 e. The number of amides is 3. The third-order valence-electron chi connectivity index (χ3n) is 3.49. The van der Waals surface area contributed by atoms with Crippen LogP contribution in [-0.4, -0.2) is 43.2 Å². The van der Waals surface area contributed by atoms with E-state index >= 15 is 0 Å². The number of carbonyl (C=O) groups is 3. The standard InChI is InChI=1S/C19H29N3O5/c1-19(2,3)27-18(25)22-15(9-10-16(20)23)12-26-11-13-5-7-14(8-6-13)17(24)21-4/h5-8,15H,9-12H2,1-4H3,(H2,20,23)(H,21,24)(H,22,25). The Morgan fingerprint density at radius 2 is 1.78 bits per heavy atom. The van der Waals surface area contributed by atoms with Gasteiger partial charge in [0.05, 0.1) is 19.3 Å². The molecule has 27 heavy (non-hydrogen) atoms. The monoisotopic (exact) mass is 379 g/mol. The van der Waals surface area contributed by atoms with Crippen molar-refractivity contribution in [3.05, 3.63) is 35.4 Å². The number of nitrogens with two attached hydrogens (primary N) is 1. The predicted molar refractivity (Wildman–Crippen MR) is 101 cm³/mol. The zero-order valence-electron chi connectivity index (χ0n) is 16.3. The minimum absolute atomic E-state index is 0.130. The second-order valence-corrected chi connectivity index (χ2v) is 7.14. The van der Waals surface area contributed by atoms with Crippen LogP contribution in [0.5, 0.6) is 0 Å². The maximum atomic E-state index is 11.9. The third kappa shape index (κ3) is 9.60. The van der Waals surface area contributed by atoms with Crippen LogP contribution in [-0.2, 0) is 20.9 Å². The van der Waals surface area contributed by atoms with Crippen molar-refractivity contribution in [3.8, 4) is 0 Å². The number of hydrogen-bond acceptors (Lipinski definition) is 5. The van der Waals surface area contributed by atoms with Gasteiger partial charge in [0.2, 0.25) is 5.91 Å². The van der Waals surface area contributed by atoms with E-state index < -0.39 is 23.6 Å². The lowest BCUT2D eigenvalue weighted by Crippen LogP contribution is -2.42. The number of primary amides is 1. The lowest BCUT2D eigenvalue weighted by atomic mass is 10.1. The molecule has 0 saturated heterocycles. The number of carbonyl (C=O) groups excluding carboxylic acids is 3. The first-order valence-electron chi connectivity index (χ1n) is 8.77. The summed E-state index contributed by atoms with van der Waals surface area (Å²) in [6.07, 6.45) is -0.0926. The summed E-state index contributed by atoms with van der Waals surface area (Å²) in [7, 11) is 1.57. The van der Waals surface area contributed by atoms with Crippen molar-refractivity contribution in [2.24, 2.45) is 5.73 Å². The molecule has 3 amide bonds. The van der Waals surface area contributed by atoms with Crippen molar-refractivity contribution >= 4 is 17.9 Å². The van der Waals surface area contributed by atoms with E-state index in [0.29, 0.717) is 18.6 Å². The minimum Gasteiger partial charge on any atom is -0.444 e. The molecule has 8 nitrogen and oxygen atoms in total. The van der Waals surface area contributed by atoms with E-state index in [1.165, 1.54) is 0 Å². The molecule has 150 valence electrons. The molecule has 1 unspecified atom stereocenters. The van der Waals surface area contributed by atoms with Gasteiger partial charge in [-0.2, -0.15) is 0 Å². The van der Waals surface area contributed by atoms with Gasteiger partial charge in [0.25, 0.3) is 5.91 Å². The molecule has 0 aliphatic carbocycles. The summed E-state index contributed by atoms with van der Waals surface area (Å²) in [5, 5.41) is 5.26. The van der Waals surface area contributed by atoms with Crippen LogP contribution in [0.1, 0.15) is 49.5 Å². The summed E-state index contributed by atoms with van der Waals surface area (Å²) >= 11 is 0. The van der Waals surface area contributed by atoms with Gasteiger partial charge in [0.1, 0.15) is 5.60 Å². The summed E-state index contributed by atoms with van der Waals surface area (Å²) in [4.78, 5) is 34.5. The highest BCUT2D eigenvalue weighted by atomic mass is 16.6. The molecule has 0 heterocycles. The van der Waals surface area contributed by atoms with Crippen LogP contribution in [0.2, 0.25) is 0 Å². The van der Waals surface area contributed by atoms with E-state index in [4.69, 9.17) is 15.2 Å². The molecular formula is C19H29N3O5. The molecule has 0 aliphatic heterocycles. The quantitative estimate of drug-likeness (QED) is 0.603. The van der Waals surface area contributed by atoms with E-state index in [2.05, 4.69) is 10.6 Å². The van der Waals surface area contributed by atoms with E-state index in [0.717, 1.165) is 5.56 Å². The Bertz CT molecular complexity index is 638. The Balaban J connectivity index is 2.55. The van der Waals surface area contributed by atoms with Gasteiger partial charge in [-0.1, -0.05) is 12.1 Å². The van der Waals surface area contributed by atoms with E-state index in [-0.39, 0.29) is 18.9 Å². The van der Waals surface area contributed by atoms with Gasteiger partial charge in [-0.25, -0.2) is 4.79 Å². The fourth-order valence-electron chi connectivity index (χ4n) is 2.20. The van der Waals surface area contributed by atoms with Crippen LogP contribution in [0.3, 0.4) is 0 Å². The molecule has 0 aliphatic rings. The van der Waals surface area contributed by atoms with Crippen LogP contribution in [0, 0.1) is 0 Å². The van der Waals surface area contributed by atoms with Crippen molar-refractivity contribution in [3.63, 3.8) is 0 Å². The fourth-order valence-corrected chi connectivity index (χ4v) is 2.20. The van der Waals surface area contributed by atoms with Gasteiger partial charge in [-0.05, 0) is 44.9 Å². The second-order valence-electron chi connectivity index (χ2n) is 7.14. The van der Waals surface area contributed by atoms with Crippen molar-refractivity contribution in [2.75, 3.05) is 13.7 Å². The van der Waals surface area contributed by atoms with Crippen LogP contribution < -0.4 is 16.4 Å². The number of alkyl carbamates (subject to hydrolysis) is 1. The smallest absolute Gasteiger partial charge is 0.407 e. The van der Waals surface area contributed by atoms with Gasteiger partial charge in [0, 0.05) is 19.0 Å². The minimum atomic E-state index is -0.619. The Morgan fingerprint density at radius 1 is 1.15 bits per heavy atom. The second kappa shape index (κ2) is 10.5. The number of benzene rings is 1. The van der Waals surface area contributed by atoms with E-state index in [1.807, 2.05) is 0 Å². The van der Waals surface area contributed by atoms with Crippen LogP contribution in [0.4, 0.5) is 4.79 Å². The number of hydrogen-bond donors (Lipinski definition) is 3. The highest BCUT2D eigenvalue weighted by molar-refractivity contribution is 5.93. The predicted octanol–water partition coefficient (Wildman–Crippen LogP) is 1.72. The lowest BCUT2D eigenvalue weighted by Gasteiger charge is -2.23. The Labute approximate surface area is 159 Å². The molecule has 1 atom stereocenters. The molecule has 0 aromatic heterocycles. The van der Waals surface area contributed by atoms with Gasteiger partial charge in [-0.3, -0.25) is 9.59 Å². The highest BCUT2D eigenvalue weighted by Crippen LogP contribution is 2.09. The summed E-state index contributed by atoms with van der Waals surface area (Å²) in [5.74, 6) is -0.605. The highest BCUT2D eigenvalue weighted by Gasteiger charge is 2.20. The molecule has 0 spiro atoms. The Hall–Kier alpha value is -2.61. The van der Waals surface area contributed by atoms with Crippen molar-refractivity contribution in [1.29, 1.82) is 0 Å². The first-order valence-corrected chi connectivity index (χ1v) is 8.77. The molecule has 8 heteroatoms. The number of ether oxygens (including phenoxy) is 2. The number of nitrogens with one attached hydrogen (secondary N) is 2. The molecule has 0 radical (unpaired) electrons. The molecule has 4 N–H and O–H groups in total. The maximum Gasteiger partial charge on any atom is 0.407 e. The van der Waals surface area contributed by atoms with Crippen molar-refractivity contribution in [1.82, 2.24) is 10.6 Å². The Kier molecular flexibility index (Phi) is 8.74. The number of rotatable bonds is 9. The summed E-state index contributed by atoms with van der Waals surface area (Å²) in [6.45, 7) is 5.80. The Morgan fingerprint density at radius 3 is 2.30 bits per heavy atom. The molecule has 0 fully saturated rings. The summed E-state index contributed by atoms with van der Waals surface area (Å²) in [5.41, 5.74) is 6.01. The van der Waals surface area contributed by atoms with Crippen LogP contribution in [0.25, 0.3) is 0 Å². The molecule has 1 aromatic rings. The zero-order chi connectivity index (χ0) is 20.4. The third-order valence-corrected chi connectivity index (χ3v) is 3.49. The fraction of sp³-hybridized carbons (Fsp3) is 0.526. The average Bonchev–Trinajstić information content (AvgIpc) is 2.57. The summed E-state index contributed by atoms with van der Waals surface area (Å²) < 4.78 is 10.9. The lowest BCUT2D eigenvalue weighted by molar-refractivity contribution is -0.118. The van der Waals surface area contributed by atoms with Crippen LogP contribution in [0.15, 0.2) is 24.3 Å². The zero-order valence-corrected chi connectivity index (χ0v) is 16.3. The van der Waals surface area contributed by atoms with Gasteiger partial charge in [-0.15, -0.1) is 0 Å². The SMILES string of the molecule is CNC(=O)c1ccc(COCC(CCC(N)=O)NC(=O)OC(C)(C)C)cc1. The topological polar surface area (TPSA) is 120 Å².